The molecule has 1 unspecified atom stereocenters. The summed E-state index contributed by atoms with van der Waals surface area (Å²) in [6, 6.07) is 1.22. The third kappa shape index (κ3) is 0.533. The quantitative estimate of drug-likeness (QED) is 0.566. The van der Waals surface area contributed by atoms with Gasteiger partial charge in [0.25, 0.3) is 5.92 Å². The van der Waals surface area contributed by atoms with Gasteiger partial charge in [-0.05, 0) is 0 Å². The first-order chi connectivity index (χ1) is 4.46. The number of hydrogen-bond donors (Lipinski definition) is 1. The normalized spacial score (nSPS) is 34.5. The Morgan fingerprint density at radius 3 is 2.10 bits per heavy atom. The van der Waals surface area contributed by atoms with Crippen LogP contribution in [0.3, 0.4) is 0 Å². The van der Waals surface area contributed by atoms with E-state index in [-0.39, 0.29) is 0 Å². The molecule has 1 aliphatic rings. The Morgan fingerprint density at radius 2 is 2.10 bits per heavy atom. The van der Waals surface area contributed by atoms with Gasteiger partial charge in [-0.3, -0.25) is 4.79 Å². The highest BCUT2D eigenvalue weighted by atomic mass is 19.3. The Morgan fingerprint density at radius 1 is 1.70 bits per heavy atom. The third-order valence-electron chi connectivity index (χ3n) is 1.60. The summed E-state index contributed by atoms with van der Waals surface area (Å²) >= 11 is 0. The molecule has 3 nitrogen and oxygen atoms in total. The van der Waals surface area contributed by atoms with E-state index in [0.29, 0.717) is 0 Å². The van der Waals surface area contributed by atoms with Crippen molar-refractivity contribution < 1.29 is 13.6 Å². The van der Waals surface area contributed by atoms with E-state index >= 15 is 0 Å². The summed E-state index contributed by atoms with van der Waals surface area (Å²) in [4.78, 5) is 10.2. The molecule has 0 heterocycles. The van der Waals surface area contributed by atoms with Gasteiger partial charge < -0.3 is 5.73 Å². The Labute approximate surface area is 55.4 Å². The predicted molar refractivity (Wildman–Crippen MR) is 26.8 cm³/mol. The van der Waals surface area contributed by atoms with Gasteiger partial charge in [0.05, 0.1) is 6.07 Å². The van der Waals surface area contributed by atoms with Crippen molar-refractivity contribution in [2.75, 3.05) is 0 Å². The molecule has 1 rings (SSSR count). The van der Waals surface area contributed by atoms with Crippen LogP contribution in [0.2, 0.25) is 0 Å². The molecule has 1 fully saturated rings. The van der Waals surface area contributed by atoms with Gasteiger partial charge in [0.2, 0.25) is 11.3 Å². The Kier molecular flexibility index (Phi) is 1.01. The molecule has 54 valence electrons. The predicted octanol–water partition coefficient (Wildman–Crippen LogP) is 0.0207. The first-order valence-electron chi connectivity index (χ1n) is 2.55. The minimum atomic E-state index is -3.20. The summed E-state index contributed by atoms with van der Waals surface area (Å²) in [5.41, 5.74) is 2.38. The van der Waals surface area contributed by atoms with Gasteiger partial charge in [-0.2, -0.15) is 5.26 Å². The number of rotatable bonds is 1. The van der Waals surface area contributed by atoms with Crippen molar-refractivity contribution in [2.24, 2.45) is 11.1 Å². The van der Waals surface area contributed by atoms with Crippen molar-refractivity contribution in [1.29, 1.82) is 5.26 Å². The molecule has 1 saturated carbocycles. The number of carbonyl (C=O) groups is 1. The molecule has 0 aromatic heterocycles. The molecule has 0 bridgehead atoms. The summed E-state index contributed by atoms with van der Waals surface area (Å²) < 4.78 is 24.4. The molecule has 0 spiro atoms. The minimum Gasteiger partial charge on any atom is -0.368 e. The molecular formula is C5H4F2N2O. The molecule has 0 aromatic carbocycles. The van der Waals surface area contributed by atoms with Crippen LogP contribution >= 0.6 is 0 Å². The number of primary amides is 1. The lowest BCUT2D eigenvalue weighted by Crippen LogP contribution is -2.28. The van der Waals surface area contributed by atoms with Crippen molar-refractivity contribution in [3.05, 3.63) is 0 Å². The van der Waals surface area contributed by atoms with Gasteiger partial charge in [-0.25, -0.2) is 8.78 Å². The van der Waals surface area contributed by atoms with Crippen LogP contribution in [0.1, 0.15) is 6.42 Å². The Balaban J connectivity index is 2.92. The highest BCUT2D eigenvalue weighted by molar-refractivity contribution is 5.89. The second-order valence-electron chi connectivity index (χ2n) is 2.26. The van der Waals surface area contributed by atoms with Crippen molar-refractivity contribution in [3.63, 3.8) is 0 Å². The van der Waals surface area contributed by atoms with Gasteiger partial charge in [-0.15, -0.1) is 0 Å². The fourth-order valence-electron chi connectivity index (χ4n) is 0.733. The molecule has 0 radical (unpaired) electrons. The van der Waals surface area contributed by atoms with Crippen LogP contribution in [-0.2, 0) is 4.79 Å². The number of alkyl halides is 2. The molecule has 1 amide bonds. The molecule has 1 aliphatic carbocycles. The zero-order valence-corrected chi connectivity index (χ0v) is 4.90. The standard InChI is InChI=1S/C5H4F2N2O/c6-5(7)1-4(5,2-8)3(9)10/h1H2,(H2,9,10). The minimum absolute atomic E-state index is 0.730. The molecule has 5 heteroatoms. The van der Waals surface area contributed by atoms with E-state index in [9.17, 15) is 13.6 Å². The largest absolute Gasteiger partial charge is 0.368 e. The topological polar surface area (TPSA) is 66.9 Å². The van der Waals surface area contributed by atoms with E-state index in [0.717, 1.165) is 0 Å². The lowest BCUT2D eigenvalue weighted by Gasteiger charge is -1.98. The van der Waals surface area contributed by atoms with Crippen LogP contribution in [0.5, 0.6) is 0 Å². The van der Waals surface area contributed by atoms with E-state index in [1.165, 1.54) is 6.07 Å². The number of nitriles is 1. The maximum Gasteiger partial charge on any atom is 0.277 e. The molecular weight excluding hydrogens is 142 g/mol. The van der Waals surface area contributed by atoms with Crippen molar-refractivity contribution in [2.45, 2.75) is 12.3 Å². The summed E-state index contributed by atoms with van der Waals surface area (Å²) in [5, 5.41) is 8.13. The summed E-state index contributed by atoms with van der Waals surface area (Å²) in [5.74, 6) is -4.44. The summed E-state index contributed by atoms with van der Waals surface area (Å²) in [7, 11) is 0. The van der Waals surface area contributed by atoms with Crippen LogP contribution in [0.4, 0.5) is 8.78 Å². The van der Waals surface area contributed by atoms with Crippen molar-refractivity contribution >= 4 is 5.91 Å². The molecule has 10 heavy (non-hydrogen) atoms. The molecule has 2 N–H and O–H groups in total. The first kappa shape index (κ1) is 6.93. The lowest BCUT2D eigenvalue weighted by molar-refractivity contribution is -0.124. The van der Waals surface area contributed by atoms with E-state index in [1.807, 2.05) is 0 Å². The first-order valence-corrected chi connectivity index (χ1v) is 2.55. The number of halogens is 2. The van der Waals surface area contributed by atoms with Crippen molar-refractivity contribution in [3.8, 4) is 6.07 Å². The van der Waals surface area contributed by atoms with Gasteiger partial charge in [0, 0.05) is 6.42 Å². The lowest BCUT2D eigenvalue weighted by atomic mass is 10.1. The zero-order valence-electron chi connectivity index (χ0n) is 4.90. The second-order valence-corrected chi connectivity index (χ2v) is 2.26. The highest BCUT2D eigenvalue weighted by Crippen LogP contribution is 2.59. The van der Waals surface area contributed by atoms with Gasteiger partial charge in [0.1, 0.15) is 0 Å². The summed E-state index contributed by atoms with van der Waals surface area (Å²) in [6.45, 7) is 0. The number of hydrogen-bond acceptors (Lipinski definition) is 2. The Hall–Kier alpha value is -1.18. The number of amides is 1. The fourth-order valence-corrected chi connectivity index (χ4v) is 0.733. The number of nitrogens with zero attached hydrogens (tertiary/aromatic N) is 1. The van der Waals surface area contributed by atoms with Crippen LogP contribution in [0.15, 0.2) is 0 Å². The van der Waals surface area contributed by atoms with Crippen LogP contribution < -0.4 is 5.73 Å². The van der Waals surface area contributed by atoms with E-state index in [2.05, 4.69) is 5.73 Å². The van der Waals surface area contributed by atoms with Gasteiger partial charge in [-0.1, -0.05) is 0 Å². The average molecular weight is 146 g/mol. The van der Waals surface area contributed by atoms with E-state index in [1.54, 1.807) is 0 Å². The molecule has 1 atom stereocenters. The SMILES string of the molecule is N#CC1(C(N)=O)CC1(F)F. The third-order valence-corrected chi connectivity index (χ3v) is 1.60. The molecule has 0 saturated heterocycles. The van der Waals surface area contributed by atoms with E-state index in [4.69, 9.17) is 5.26 Å². The maximum absolute atomic E-state index is 12.2. The Bertz CT molecular complexity index is 232. The smallest absolute Gasteiger partial charge is 0.277 e. The highest BCUT2D eigenvalue weighted by Gasteiger charge is 2.76. The van der Waals surface area contributed by atoms with E-state index < -0.39 is 23.7 Å². The number of carbonyl (C=O) groups excluding carboxylic acids is 1. The van der Waals surface area contributed by atoms with Crippen LogP contribution in [-0.4, -0.2) is 11.8 Å². The van der Waals surface area contributed by atoms with Gasteiger partial charge >= 0.3 is 0 Å². The maximum atomic E-state index is 12.2. The fraction of sp³-hybridized carbons (Fsp3) is 0.600. The zero-order chi connectivity index (χ0) is 7.99. The van der Waals surface area contributed by atoms with Crippen molar-refractivity contribution in [1.82, 2.24) is 0 Å². The molecule has 0 aromatic rings. The van der Waals surface area contributed by atoms with Gasteiger partial charge in [0.15, 0.2) is 0 Å². The molecule has 0 aliphatic heterocycles. The van der Waals surface area contributed by atoms with Crippen LogP contribution in [0.25, 0.3) is 0 Å². The summed E-state index contributed by atoms with van der Waals surface area (Å²) in [6.07, 6.45) is -0.730. The monoisotopic (exact) mass is 146 g/mol. The number of nitrogens with two attached hydrogens (primary N) is 1. The second kappa shape index (κ2) is 1.45. The van der Waals surface area contributed by atoms with Crippen LogP contribution in [0, 0.1) is 16.7 Å². The average Bonchev–Trinajstić information content (AvgIpc) is 2.35.